The average Bonchev–Trinajstić information content (AvgIpc) is 2.50. The van der Waals surface area contributed by atoms with Crippen LogP contribution in [0.2, 0.25) is 0 Å². The molecule has 1 aromatic rings. The van der Waals surface area contributed by atoms with Crippen LogP contribution < -0.4 is 4.74 Å². The monoisotopic (exact) mass is 281 g/mol. The highest BCUT2D eigenvalue weighted by Gasteiger charge is 2.17. The highest BCUT2D eigenvalue weighted by molar-refractivity contribution is 5.28. The molecule has 0 saturated heterocycles. The van der Waals surface area contributed by atoms with Crippen LogP contribution in [-0.4, -0.2) is 50.0 Å². The molecule has 0 bridgehead atoms. The van der Waals surface area contributed by atoms with Crippen molar-refractivity contribution in [2.75, 3.05) is 33.9 Å². The standard InChI is InChI=1S/C16H27NO3/c1-5-13(2)17(10-11-19-3)12-16(18)14-6-8-15(20-4)9-7-14/h6-9,13,16,18H,5,10-12H2,1-4H3. The van der Waals surface area contributed by atoms with Gasteiger partial charge in [0.25, 0.3) is 0 Å². The van der Waals surface area contributed by atoms with Crippen LogP contribution in [0.25, 0.3) is 0 Å². The van der Waals surface area contributed by atoms with Gasteiger partial charge >= 0.3 is 0 Å². The second kappa shape index (κ2) is 8.95. The Bertz CT molecular complexity index is 366. The molecule has 0 amide bonds. The van der Waals surface area contributed by atoms with Crippen molar-refractivity contribution in [1.29, 1.82) is 0 Å². The van der Waals surface area contributed by atoms with E-state index in [-0.39, 0.29) is 0 Å². The van der Waals surface area contributed by atoms with Crippen LogP contribution in [0.15, 0.2) is 24.3 Å². The first-order chi connectivity index (χ1) is 9.62. The minimum absolute atomic E-state index is 0.429. The Morgan fingerprint density at radius 1 is 1.20 bits per heavy atom. The molecule has 0 spiro atoms. The van der Waals surface area contributed by atoms with Crippen LogP contribution in [0.4, 0.5) is 0 Å². The van der Waals surface area contributed by atoms with E-state index >= 15 is 0 Å². The lowest BCUT2D eigenvalue weighted by molar-refractivity contribution is 0.0668. The zero-order chi connectivity index (χ0) is 15.0. The summed E-state index contributed by atoms with van der Waals surface area (Å²) >= 11 is 0. The van der Waals surface area contributed by atoms with E-state index in [0.29, 0.717) is 19.2 Å². The van der Waals surface area contributed by atoms with E-state index in [9.17, 15) is 5.11 Å². The maximum atomic E-state index is 10.4. The molecule has 0 aliphatic rings. The number of aliphatic hydroxyl groups is 1. The van der Waals surface area contributed by atoms with Crippen LogP contribution in [0.3, 0.4) is 0 Å². The number of benzene rings is 1. The summed E-state index contributed by atoms with van der Waals surface area (Å²) < 4.78 is 10.3. The van der Waals surface area contributed by atoms with Crippen molar-refractivity contribution in [3.63, 3.8) is 0 Å². The predicted octanol–water partition coefficient (Wildman–Crippen LogP) is 2.48. The summed E-state index contributed by atoms with van der Waals surface area (Å²) in [5, 5.41) is 10.4. The summed E-state index contributed by atoms with van der Waals surface area (Å²) in [7, 11) is 3.34. The second-order valence-electron chi connectivity index (χ2n) is 5.03. The molecular weight excluding hydrogens is 254 g/mol. The zero-order valence-electron chi connectivity index (χ0n) is 13.0. The maximum Gasteiger partial charge on any atom is 0.118 e. The van der Waals surface area contributed by atoms with Gasteiger partial charge in [0.05, 0.1) is 19.8 Å². The van der Waals surface area contributed by atoms with Gasteiger partial charge in [0.2, 0.25) is 0 Å². The van der Waals surface area contributed by atoms with E-state index < -0.39 is 6.10 Å². The Kier molecular flexibility index (Phi) is 7.59. The van der Waals surface area contributed by atoms with Crippen molar-refractivity contribution in [3.05, 3.63) is 29.8 Å². The van der Waals surface area contributed by atoms with E-state index in [4.69, 9.17) is 9.47 Å². The molecule has 0 saturated carbocycles. The van der Waals surface area contributed by atoms with E-state index in [0.717, 1.165) is 24.3 Å². The number of ether oxygens (including phenoxy) is 2. The molecule has 4 heteroatoms. The smallest absolute Gasteiger partial charge is 0.118 e. The highest BCUT2D eigenvalue weighted by Crippen LogP contribution is 2.19. The molecule has 0 aromatic heterocycles. The largest absolute Gasteiger partial charge is 0.497 e. The Morgan fingerprint density at radius 3 is 2.35 bits per heavy atom. The fraction of sp³-hybridized carbons (Fsp3) is 0.625. The second-order valence-corrected chi connectivity index (χ2v) is 5.03. The molecule has 4 nitrogen and oxygen atoms in total. The molecule has 1 rings (SSSR count). The first-order valence-electron chi connectivity index (χ1n) is 7.17. The van der Waals surface area contributed by atoms with Crippen LogP contribution >= 0.6 is 0 Å². The van der Waals surface area contributed by atoms with Gasteiger partial charge in [-0.1, -0.05) is 19.1 Å². The molecule has 0 radical (unpaired) electrons. The van der Waals surface area contributed by atoms with Gasteiger partial charge in [-0.3, -0.25) is 4.90 Å². The normalized spacial score (nSPS) is 14.3. The Labute approximate surface area is 122 Å². The number of nitrogens with zero attached hydrogens (tertiary/aromatic N) is 1. The van der Waals surface area contributed by atoms with Crippen molar-refractivity contribution in [1.82, 2.24) is 4.90 Å². The van der Waals surface area contributed by atoms with E-state index in [2.05, 4.69) is 18.7 Å². The summed E-state index contributed by atoms with van der Waals surface area (Å²) in [6.45, 7) is 6.46. The molecule has 0 aliphatic heterocycles. The molecule has 2 unspecified atom stereocenters. The molecule has 0 aliphatic carbocycles. The summed E-state index contributed by atoms with van der Waals surface area (Å²) in [6, 6.07) is 8.00. The molecule has 1 aromatic carbocycles. The van der Waals surface area contributed by atoms with Crippen LogP contribution in [-0.2, 0) is 4.74 Å². The third-order valence-electron chi connectivity index (χ3n) is 3.70. The van der Waals surface area contributed by atoms with Gasteiger partial charge in [0.15, 0.2) is 0 Å². The number of rotatable bonds is 9. The predicted molar refractivity (Wildman–Crippen MR) is 81.2 cm³/mol. The van der Waals surface area contributed by atoms with Gasteiger partial charge in [-0.05, 0) is 31.0 Å². The number of hydrogen-bond donors (Lipinski definition) is 1. The molecule has 20 heavy (non-hydrogen) atoms. The lowest BCUT2D eigenvalue weighted by Gasteiger charge is -2.30. The molecule has 2 atom stereocenters. The Hall–Kier alpha value is -1.10. The van der Waals surface area contributed by atoms with Crippen molar-refractivity contribution in [2.45, 2.75) is 32.4 Å². The van der Waals surface area contributed by atoms with Crippen LogP contribution in [0, 0.1) is 0 Å². The minimum atomic E-state index is -0.494. The highest BCUT2D eigenvalue weighted by atomic mass is 16.5. The number of hydrogen-bond acceptors (Lipinski definition) is 4. The van der Waals surface area contributed by atoms with Crippen molar-refractivity contribution < 1.29 is 14.6 Å². The summed E-state index contributed by atoms with van der Waals surface area (Å²) in [4.78, 5) is 2.26. The Morgan fingerprint density at radius 2 is 1.85 bits per heavy atom. The third kappa shape index (κ3) is 5.12. The molecular formula is C16H27NO3. The van der Waals surface area contributed by atoms with Crippen LogP contribution in [0.5, 0.6) is 5.75 Å². The van der Waals surface area contributed by atoms with Gasteiger partial charge in [-0.2, -0.15) is 0 Å². The van der Waals surface area contributed by atoms with Crippen molar-refractivity contribution >= 4 is 0 Å². The van der Waals surface area contributed by atoms with Gasteiger partial charge in [0.1, 0.15) is 5.75 Å². The molecule has 114 valence electrons. The Balaban J connectivity index is 2.65. The van der Waals surface area contributed by atoms with Gasteiger partial charge in [0, 0.05) is 26.2 Å². The van der Waals surface area contributed by atoms with Gasteiger partial charge < -0.3 is 14.6 Å². The molecule has 0 heterocycles. The number of methoxy groups -OCH3 is 2. The fourth-order valence-electron chi connectivity index (χ4n) is 2.11. The van der Waals surface area contributed by atoms with E-state index in [1.54, 1.807) is 14.2 Å². The molecule has 1 N–H and O–H groups in total. The average molecular weight is 281 g/mol. The molecule has 0 fully saturated rings. The SMILES string of the molecule is CCC(C)N(CCOC)CC(O)c1ccc(OC)cc1. The zero-order valence-corrected chi connectivity index (χ0v) is 13.0. The van der Waals surface area contributed by atoms with Gasteiger partial charge in [-0.25, -0.2) is 0 Å². The summed E-state index contributed by atoms with van der Waals surface area (Å²) in [5.41, 5.74) is 0.913. The minimum Gasteiger partial charge on any atom is -0.497 e. The van der Waals surface area contributed by atoms with E-state index in [1.807, 2.05) is 24.3 Å². The lowest BCUT2D eigenvalue weighted by Crippen LogP contribution is -2.38. The summed E-state index contributed by atoms with van der Waals surface area (Å²) in [5.74, 6) is 0.805. The van der Waals surface area contributed by atoms with E-state index in [1.165, 1.54) is 0 Å². The first kappa shape index (κ1) is 17.0. The quantitative estimate of drug-likeness (QED) is 0.755. The third-order valence-corrected chi connectivity index (χ3v) is 3.70. The van der Waals surface area contributed by atoms with Crippen molar-refractivity contribution in [2.24, 2.45) is 0 Å². The summed E-state index contributed by atoms with van der Waals surface area (Å²) in [6.07, 6.45) is 0.561. The van der Waals surface area contributed by atoms with Crippen molar-refractivity contribution in [3.8, 4) is 5.75 Å². The fourth-order valence-corrected chi connectivity index (χ4v) is 2.11. The topological polar surface area (TPSA) is 41.9 Å². The first-order valence-corrected chi connectivity index (χ1v) is 7.17. The van der Waals surface area contributed by atoms with Crippen LogP contribution in [0.1, 0.15) is 31.9 Å². The maximum absolute atomic E-state index is 10.4. The number of aliphatic hydroxyl groups excluding tert-OH is 1. The lowest BCUT2D eigenvalue weighted by atomic mass is 10.1. The van der Waals surface area contributed by atoms with Gasteiger partial charge in [-0.15, -0.1) is 0 Å².